The zero-order valence-corrected chi connectivity index (χ0v) is 29.1. The highest BCUT2D eigenvalue weighted by atomic mass is 28.3. The van der Waals surface area contributed by atoms with Crippen molar-refractivity contribution in [2.75, 3.05) is 0 Å². The maximum Gasteiger partial charge on any atom is 0.164 e. The minimum absolute atomic E-state index is 0.0772. The highest BCUT2D eigenvalue weighted by molar-refractivity contribution is 6.88. The standard InChI is InChI=1S/C45H39N3Si/c1-45(2)40-28-35(22-24-38(40)39-25-23-37(29-41(39)45)49(3,4)5)33-19-12-18-32(26-33)34-20-13-21-36(27-34)44-47-42(30-14-8-6-9-15-30)46-43(48-44)31-16-10-7-11-17-31/h6-29H,1-5H3/i12D,13D,18D,19D,20D,21D,26D,27D. The molecule has 0 aliphatic heterocycles. The van der Waals surface area contributed by atoms with Gasteiger partial charge in [0, 0.05) is 22.1 Å². The van der Waals surface area contributed by atoms with Crippen LogP contribution in [0.15, 0.2) is 145 Å². The predicted molar refractivity (Wildman–Crippen MR) is 208 cm³/mol. The molecule has 0 unspecified atom stereocenters. The monoisotopic (exact) mass is 657 g/mol. The first-order chi connectivity index (χ1) is 27.0. The zero-order chi connectivity index (χ0) is 40.7. The van der Waals surface area contributed by atoms with Gasteiger partial charge in [0.15, 0.2) is 17.5 Å². The largest absolute Gasteiger partial charge is 0.208 e. The molecule has 1 heterocycles. The van der Waals surface area contributed by atoms with Crippen molar-refractivity contribution in [2.24, 2.45) is 0 Å². The highest BCUT2D eigenvalue weighted by Gasteiger charge is 2.36. The van der Waals surface area contributed by atoms with Gasteiger partial charge >= 0.3 is 0 Å². The van der Waals surface area contributed by atoms with Crippen molar-refractivity contribution >= 4 is 13.3 Å². The minimum Gasteiger partial charge on any atom is -0.208 e. The molecule has 1 aliphatic rings. The lowest BCUT2D eigenvalue weighted by atomic mass is 9.81. The summed E-state index contributed by atoms with van der Waals surface area (Å²) in [7, 11) is -1.61. The van der Waals surface area contributed by atoms with Gasteiger partial charge in [-0.25, -0.2) is 15.0 Å². The van der Waals surface area contributed by atoms with E-state index < -0.39 is 49.7 Å². The predicted octanol–water partition coefficient (Wildman–Crippen LogP) is 11.1. The second kappa shape index (κ2) is 11.9. The Labute approximate surface area is 301 Å². The highest BCUT2D eigenvalue weighted by Crippen LogP contribution is 2.49. The fraction of sp³-hybridized carbons (Fsp3) is 0.133. The van der Waals surface area contributed by atoms with E-state index in [0.29, 0.717) is 16.7 Å². The van der Waals surface area contributed by atoms with Crippen LogP contribution in [0.2, 0.25) is 19.6 Å². The zero-order valence-electron chi connectivity index (χ0n) is 36.1. The van der Waals surface area contributed by atoms with Crippen LogP contribution in [-0.4, -0.2) is 23.0 Å². The molecule has 6 aromatic carbocycles. The van der Waals surface area contributed by atoms with Crippen molar-refractivity contribution in [1.82, 2.24) is 15.0 Å². The molecule has 0 saturated carbocycles. The molecule has 0 amide bonds. The van der Waals surface area contributed by atoms with Gasteiger partial charge in [-0.05, 0) is 62.7 Å². The molecular formula is C45H39N3Si. The number of nitrogens with zero attached hydrogens (tertiary/aromatic N) is 3. The van der Waals surface area contributed by atoms with Crippen LogP contribution < -0.4 is 5.19 Å². The number of hydrogen-bond donors (Lipinski definition) is 0. The van der Waals surface area contributed by atoms with E-state index in [1.807, 2.05) is 78.9 Å². The van der Waals surface area contributed by atoms with Gasteiger partial charge < -0.3 is 0 Å². The molecule has 3 nitrogen and oxygen atoms in total. The number of hydrogen-bond acceptors (Lipinski definition) is 3. The van der Waals surface area contributed by atoms with Crippen molar-refractivity contribution in [3.63, 3.8) is 0 Å². The van der Waals surface area contributed by atoms with Crippen molar-refractivity contribution in [1.29, 1.82) is 0 Å². The van der Waals surface area contributed by atoms with Crippen LogP contribution in [-0.2, 0) is 5.41 Å². The number of aromatic nitrogens is 3. The van der Waals surface area contributed by atoms with E-state index in [1.165, 1.54) is 10.8 Å². The van der Waals surface area contributed by atoms with Gasteiger partial charge in [-0.3, -0.25) is 0 Å². The van der Waals surface area contributed by atoms with Gasteiger partial charge in [0.1, 0.15) is 0 Å². The van der Waals surface area contributed by atoms with Gasteiger partial charge in [-0.2, -0.15) is 0 Å². The Kier molecular flexibility index (Phi) is 5.59. The lowest BCUT2D eigenvalue weighted by molar-refractivity contribution is 0.661. The smallest absolute Gasteiger partial charge is 0.164 e. The second-order valence-corrected chi connectivity index (χ2v) is 19.0. The topological polar surface area (TPSA) is 38.7 Å². The van der Waals surface area contributed by atoms with Gasteiger partial charge in [0.25, 0.3) is 0 Å². The average molecular weight is 658 g/mol. The van der Waals surface area contributed by atoms with Crippen LogP contribution >= 0.6 is 0 Å². The first kappa shape index (κ1) is 23.0. The Morgan fingerprint density at radius 3 is 1.49 bits per heavy atom. The fourth-order valence-electron chi connectivity index (χ4n) is 6.47. The first-order valence-electron chi connectivity index (χ1n) is 20.4. The van der Waals surface area contributed by atoms with E-state index in [0.717, 1.165) is 16.7 Å². The maximum absolute atomic E-state index is 9.57. The molecule has 0 fully saturated rings. The summed E-state index contributed by atoms with van der Waals surface area (Å²) in [6.45, 7) is 11.3. The molecule has 4 heteroatoms. The number of benzene rings is 6. The Balaban J connectivity index is 1.34. The molecule has 0 radical (unpaired) electrons. The molecule has 7 aromatic rings. The quantitative estimate of drug-likeness (QED) is 0.167. The van der Waals surface area contributed by atoms with Gasteiger partial charge in [-0.15, -0.1) is 0 Å². The maximum atomic E-state index is 9.57. The first-order valence-corrected chi connectivity index (χ1v) is 19.9. The molecule has 1 aliphatic carbocycles. The van der Waals surface area contributed by atoms with E-state index in [2.05, 4.69) is 61.7 Å². The molecule has 0 saturated heterocycles. The SMILES string of the molecule is [2H]c1c([2H])c(-c2ccc3c(c2)C(C)(C)c2cc([Si](C)(C)C)ccc2-3)c([2H])c(-c2c([2H])c([2H])c([2H])c(-c3nc(-c4ccccc4)nc(-c4ccccc4)n3)c2[2H])c1[2H]. The third-order valence-electron chi connectivity index (χ3n) is 9.25. The summed E-state index contributed by atoms with van der Waals surface area (Å²) in [5.74, 6) is 0.472. The van der Waals surface area contributed by atoms with Crippen LogP contribution in [0.1, 0.15) is 35.9 Å². The molecule has 8 rings (SSSR count). The van der Waals surface area contributed by atoms with Crippen LogP contribution in [0.5, 0.6) is 0 Å². The third-order valence-corrected chi connectivity index (χ3v) is 11.3. The van der Waals surface area contributed by atoms with Crippen LogP contribution in [0, 0.1) is 0 Å². The van der Waals surface area contributed by atoms with Crippen LogP contribution in [0.25, 0.3) is 67.5 Å². The Hall–Kier alpha value is -5.45. The molecule has 0 bridgehead atoms. The van der Waals surface area contributed by atoms with Crippen molar-refractivity contribution in [3.8, 4) is 67.5 Å². The Bertz CT molecular complexity index is 2730. The van der Waals surface area contributed by atoms with E-state index in [4.69, 9.17) is 13.2 Å². The molecular weight excluding hydrogens is 611 g/mol. The lowest BCUT2D eigenvalue weighted by Gasteiger charge is -2.24. The normalized spacial score (nSPS) is 15.4. The van der Waals surface area contributed by atoms with E-state index in [9.17, 15) is 2.74 Å². The molecule has 0 spiro atoms. The van der Waals surface area contributed by atoms with Gasteiger partial charge in [-0.1, -0.05) is 166 Å². The van der Waals surface area contributed by atoms with Gasteiger partial charge in [0.2, 0.25) is 0 Å². The van der Waals surface area contributed by atoms with E-state index >= 15 is 0 Å². The summed E-state index contributed by atoms with van der Waals surface area (Å²) in [6, 6.07) is 27.3. The third kappa shape index (κ3) is 5.72. The summed E-state index contributed by atoms with van der Waals surface area (Å²) in [5.41, 5.74) is 5.26. The van der Waals surface area contributed by atoms with Crippen LogP contribution in [0.3, 0.4) is 0 Å². The summed E-state index contributed by atoms with van der Waals surface area (Å²) in [6.07, 6.45) is 0. The minimum atomic E-state index is -1.61. The molecule has 1 aromatic heterocycles. The summed E-state index contributed by atoms with van der Waals surface area (Å²) in [5, 5.41) is 1.35. The molecule has 238 valence electrons. The Morgan fingerprint density at radius 1 is 0.490 bits per heavy atom. The molecule has 0 atom stereocenters. The van der Waals surface area contributed by atoms with Crippen molar-refractivity contribution in [2.45, 2.75) is 38.9 Å². The lowest BCUT2D eigenvalue weighted by Crippen LogP contribution is -2.38. The van der Waals surface area contributed by atoms with Crippen LogP contribution in [0.4, 0.5) is 0 Å². The van der Waals surface area contributed by atoms with E-state index in [-0.39, 0.29) is 51.8 Å². The summed E-state index contributed by atoms with van der Waals surface area (Å²) < 4.78 is 73.2. The number of rotatable bonds is 6. The fourth-order valence-corrected chi connectivity index (χ4v) is 7.63. The van der Waals surface area contributed by atoms with E-state index in [1.54, 1.807) is 0 Å². The average Bonchev–Trinajstić information content (AvgIpc) is 3.42. The molecule has 0 N–H and O–H groups in total. The summed E-state index contributed by atoms with van der Waals surface area (Å²) >= 11 is 0. The number of fused-ring (bicyclic) bond motifs is 3. The second-order valence-electron chi connectivity index (χ2n) is 13.9. The van der Waals surface area contributed by atoms with Crippen molar-refractivity contribution in [3.05, 3.63) is 157 Å². The van der Waals surface area contributed by atoms with Gasteiger partial charge in [0.05, 0.1) is 19.0 Å². The Morgan fingerprint density at radius 2 is 0.939 bits per heavy atom. The molecule has 49 heavy (non-hydrogen) atoms. The summed E-state index contributed by atoms with van der Waals surface area (Å²) in [4.78, 5) is 14.1. The van der Waals surface area contributed by atoms with Crippen molar-refractivity contribution < 1.29 is 11.0 Å².